The fourth-order valence-electron chi connectivity index (χ4n) is 2.46. The molecule has 1 N–H and O–H groups in total. The first-order valence-corrected chi connectivity index (χ1v) is 8.29. The molecule has 1 aromatic rings. The van der Waals surface area contributed by atoms with Crippen molar-refractivity contribution < 1.29 is 4.39 Å². The van der Waals surface area contributed by atoms with Crippen LogP contribution in [0.4, 0.5) is 4.39 Å². The van der Waals surface area contributed by atoms with Crippen LogP contribution >= 0.6 is 15.9 Å². The lowest BCUT2D eigenvalue weighted by molar-refractivity contribution is 0.281. The number of nitrogens with one attached hydrogen (secondary N) is 1. The van der Waals surface area contributed by atoms with Gasteiger partial charge in [-0.1, -0.05) is 36.7 Å². The van der Waals surface area contributed by atoms with E-state index in [-0.39, 0.29) is 5.82 Å². The predicted octanol–water partition coefficient (Wildman–Crippen LogP) is 3.84. The highest BCUT2D eigenvalue weighted by atomic mass is 79.9. The average molecular weight is 345 g/mol. The van der Waals surface area contributed by atoms with Gasteiger partial charge in [-0.05, 0) is 62.8 Å². The van der Waals surface area contributed by atoms with Crippen molar-refractivity contribution in [3.05, 3.63) is 34.1 Å². The third kappa shape index (κ3) is 6.33. The molecule has 0 aliphatic carbocycles. The molecule has 0 saturated carbocycles. The molecule has 0 bridgehead atoms. The molecule has 4 heteroatoms. The SMILES string of the molecule is CCNC(CCN(CC)CC)Cc1cc(F)cc(Br)c1. The summed E-state index contributed by atoms with van der Waals surface area (Å²) in [6, 6.07) is 5.54. The Morgan fingerprint density at radius 3 is 2.45 bits per heavy atom. The summed E-state index contributed by atoms with van der Waals surface area (Å²) in [5.74, 6) is -0.173. The van der Waals surface area contributed by atoms with Crippen LogP contribution in [0, 0.1) is 5.82 Å². The van der Waals surface area contributed by atoms with Gasteiger partial charge in [0.1, 0.15) is 5.82 Å². The number of hydrogen-bond donors (Lipinski definition) is 1. The van der Waals surface area contributed by atoms with Crippen molar-refractivity contribution in [2.75, 3.05) is 26.2 Å². The molecule has 0 radical (unpaired) electrons. The highest BCUT2D eigenvalue weighted by molar-refractivity contribution is 9.10. The van der Waals surface area contributed by atoms with Crippen LogP contribution in [0.15, 0.2) is 22.7 Å². The fourth-order valence-corrected chi connectivity index (χ4v) is 2.97. The van der Waals surface area contributed by atoms with Gasteiger partial charge >= 0.3 is 0 Å². The lowest BCUT2D eigenvalue weighted by Gasteiger charge is -2.23. The Kier molecular flexibility index (Phi) is 8.34. The summed E-state index contributed by atoms with van der Waals surface area (Å²) in [7, 11) is 0. The summed E-state index contributed by atoms with van der Waals surface area (Å²) in [4.78, 5) is 2.42. The van der Waals surface area contributed by atoms with Crippen LogP contribution in [0.1, 0.15) is 32.8 Å². The van der Waals surface area contributed by atoms with E-state index in [1.165, 1.54) is 6.07 Å². The van der Waals surface area contributed by atoms with E-state index in [0.717, 1.165) is 49.1 Å². The molecule has 1 aromatic carbocycles. The van der Waals surface area contributed by atoms with Gasteiger partial charge in [0.2, 0.25) is 0 Å². The Balaban J connectivity index is 2.61. The number of hydrogen-bond acceptors (Lipinski definition) is 2. The van der Waals surface area contributed by atoms with Gasteiger partial charge in [0.15, 0.2) is 0 Å². The van der Waals surface area contributed by atoms with Crippen molar-refractivity contribution in [1.82, 2.24) is 10.2 Å². The van der Waals surface area contributed by atoms with Crippen LogP contribution in [0.2, 0.25) is 0 Å². The van der Waals surface area contributed by atoms with Gasteiger partial charge in [-0.3, -0.25) is 0 Å². The predicted molar refractivity (Wildman–Crippen MR) is 87.7 cm³/mol. The Morgan fingerprint density at radius 1 is 1.20 bits per heavy atom. The molecule has 0 aromatic heterocycles. The number of halogens is 2. The molecule has 0 fully saturated rings. The van der Waals surface area contributed by atoms with Crippen LogP contribution in [-0.4, -0.2) is 37.1 Å². The number of likely N-dealkylation sites (N-methyl/N-ethyl adjacent to an activating group) is 1. The average Bonchev–Trinajstić information content (AvgIpc) is 2.38. The first-order valence-electron chi connectivity index (χ1n) is 7.49. The zero-order chi connectivity index (χ0) is 15.0. The van der Waals surface area contributed by atoms with Crippen LogP contribution < -0.4 is 5.32 Å². The van der Waals surface area contributed by atoms with Crippen molar-refractivity contribution in [1.29, 1.82) is 0 Å². The van der Waals surface area contributed by atoms with Crippen LogP contribution in [0.25, 0.3) is 0 Å². The maximum absolute atomic E-state index is 13.4. The van der Waals surface area contributed by atoms with Crippen molar-refractivity contribution in [2.45, 2.75) is 39.7 Å². The third-order valence-electron chi connectivity index (χ3n) is 3.59. The smallest absolute Gasteiger partial charge is 0.124 e. The second-order valence-electron chi connectivity index (χ2n) is 5.05. The second kappa shape index (κ2) is 9.48. The van der Waals surface area contributed by atoms with Crippen LogP contribution in [-0.2, 0) is 6.42 Å². The van der Waals surface area contributed by atoms with Gasteiger partial charge in [-0.25, -0.2) is 4.39 Å². The molecule has 0 aliphatic heterocycles. The summed E-state index contributed by atoms with van der Waals surface area (Å²) >= 11 is 3.36. The molecule has 20 heavy (non-hydrogen) atoms. The maximum atomic E-state index is 13.4. The molecule has 0 aliphatic rings. The van der Waals surface area contributed by atoms with Gasteiger partial charge in [-0.15, -0.1) is 0 Å². The Morgan fingerprint density at radius 2 is 1.90 bits per heavy atom. The lowest BCUT2D eigenvalue weighted by atomic mass is 10.0. The minimum Gasteiger partial charge on any atom is -0.314 e. The highest BCUT2D eigenvalue weighted by Crippen LogP contribution is 2.17. The molecule has 0 amide bonds. The summed E-state index contributed by atoms with van der Waals surface area (Å²) in [6.07, 6.45) is 1.95. The first-order chi connectivity index (χ1) is 9.58. The van der Waals surface area contributed by atoms with E-state index < -0.39 is 0 Å². The van der Waals surface area contributed by atoms with Crippen molar-refractivity contribution in [3.63, 3.8) is 0 Å². The monoisotopic (exact) mass is 344 g/mol. The summed E-state index contributed by atoms with van der Waals surface area (Å²) in [6.45, 7) is 10.7. The van der Waals surface area contributed by atoms with E-state index in [2.05, 4.69) is 46.9 Å². The van der Waals surface area contributed by atoms with E-state index in [1.807, 2.05) is 6.07 Å². The molecule has 1 atom stereocenters. The number of benzene rings is 1. The zero-order valence-corrected chi connectivity index (χ0v) is 14.3. The van der Waals surface area contributed by atoms with Crippen LogP contribution in [0.3, 0.4) is 0 Å². The molecule has 0 saturated heterocycles. The van der Waals surface area contributed by atoms with E-state index in [0.29, 0.717) is 6.04 Å². The van der Waals surface area contributed by atoms with Crippen LogP contribution in [0.5, 0.6) is 0 Å². The van der Waals surface area contributed by atoms with Gasteiger partial charge in [0.05, 0.1) is 0 Å². The Labute approximate surface area is 130 Å². The highest BCUT2D eigenvalue weighted by Gasteiger charge is 2.11. The Hall–Kier alpha value is -0.450. The normalized spacial score (nSPS) is 12.9. The first kappa shape index (κ1) is 17.6. The molecule has 1 rings (SSSR count). The van der Waals surface area contributed by atoms with E-state index in [4.69, 9.17) is 0 Å². The van der Waals surface area contributed by atoms with E-state index in [1.54, 1.807) is 6.07 Å². The molecule has 0 spiro atoms. The van der Waals surface area contributed by atoms with Crippen molar-refractivity contribution >= 4 is 15.9 Å². The summed E-state index contributed by atoms with van der Waals surface area (Å²) < 4.78 is 14.2. The van der Waals surface area contributed by atoms with Gasteiger partial charge in [0, 0.05) is 10.5 Å². The minimum absolute atomic E-state index is 0.173. The molecule has 114 valence electrons. The molecule has 1 unspecified atom stereocenters. The van der Waals surface area contributed by atoms with Crippen molar-refractivity contribution in [3.8, 4) is 0 Å². The van der Waals surface area contributed by atoms with E-state index >= 15 is 0 Å². The van der Waals surface area contributed by atoms with Crippen molar-refractivity contribution in [2.24, 2.45) is 0 Å². The standard InChI is InChI=1S/C16H26BrFN2/c1-4-19-16(7-8-20(5-2)6-3)11-13-9-14(17)12-15(18)10-13/h9-10,12,16,19H,4-8,11H2,1-3H3. The summed E-state index contributed by atoms with van der Waals surface area (Å²) in [5, 5.41) is 3.51. The number of nitrogens with zero attached hydrogens (tertiary/aromatic N) is 1. The quantitative estimate of drug-likeness (QED) is 0.732. The van der Waals surface area contributed by atoms with Gasteiger partial charge in [-0.2, -0.15) is 0 Å². The molecular weight excluding hydrogens is 319 g/mol. The molecular formula is C16H26BrFN2. The second-order valence-corrected chi connectivity index (χ2v) is 5.97. The largest absolute Gasteiger partial charge is 0.314 e. The molecule has 0 heterocycles. The number of rotatable bonds is 9. The molecule has 2 nitrogen and oxygen atoms in total. The Bertz CT molecular complexity index is 374. The minimum atomic E-state index is -0.173. The fraction of sp³-hybridized carbons (Fsp3) is 0.625. The lowest BCUT2D eigenvalue weighted by Crippen LogP contribution is -2.35. The van der Waals surface area contributed by atoms with Gasteiger partial charge < -0.3 is 10.2 Å². The summed E-state index contributed by atoms with van der Waals surface area (Å²) in [5.41, 5.74) is 1.04. The third-order valence-corrected chi connectivity index (χ3v) is 4.04. The van der Waals surface area contributed by atoms with E-state index in [9.17, 15) is 4.39 Å². The maximum Gasteiger partial charge on any atom is 0.124 e. The van der Waals surface area contributed by atoms with Gasteiger partial charge in [0.25, 0.3) is 0 Å². The topological polar surface area (TPSA) is 15.3 Å². The zero-order valence-electron chi connectivity index (χ0n) is 12.8.